The average Bonchev–Trinajstić information content (AvgIpc) is 3.40. The highest BCUT2D eigenvalue weighted by Crippen LogP contribution is 2.53. The molecule has 2 atom stereocenters. The third-order valence-corrected chi connectivity index (χ3v) is 8.27. The van der Waals surface area contributed by atoms with Crippen LogP contribution in [0.15, 0.2) is 48.9 Å². The fraction of sp³-hybridized carbons (Fsp3) is 0.357. The van der Waals surface area contributed by atoms with Crippen LogP contribution in [-0.2, 0) is 5.60 Å². The molecule has 0 spiro atoms. The molecule has 9 nitrogen and oxygen atoms in total. The summed E-state index contributed by atoms with van der Waals surface area (Å²) in [4.78, 5) is 23.9. The van der Waals surface area contributed by atoms with Crippen molar-refractivity contribution in [2.24, 2.45) is 0 Å². The summed E-state index contributed by atoms with van der Waals surface area (Å²) >= 11 is 0. The molecule has 11 heteroatoms. The smallest absolute Gasteiger partial charge is 0.387 e. The molecule has 0 saturated heterocycles. The number of halogens is 2. The lowest BCUT2D eigenvalue weighted by atomic mass is 9.66. The molecule has 3 aromatic heterocycles. The van der Waals surface area contributed by atoms with Gasteiger partial charge >= 0.3 is 6.61 Å². The van der Waals surface area contributed by atoms with Crippen molar-refractivity contribution < 1.29 is 28.5 Å². The summed E-state index contributed by atoms with van der Waals surface area (Å²) in [6, 6.07) is 8.08. The quantitative estimate of drug-likeness (QED) is 0.411. The van der Waals surface area contributed by atoms with Crippen molar-refractivity contribution in [2.45, 2.75) is 56.0 Å². The third-order valence-electron chi connectivity index (χ3n) is 8.27. The molecule has 1 amide bonds. The van der Waals surface area contributed by atoms with E-state index in [0.717, 1.165) is 16.8 Å². The second kappa shape index (κ2) is 8.03. The first kappa shape index (κ1) is 24.1. The van der Waals surface area contributed by atoms with Crippen LogP contribution < -0.4 is 4.74 Å². The predicted molar refractivity (Wildman–Crippen MR) is 134 cm³/mol. The Labute approximate surface area is 221 Å². The van der Waals surface area contributed by atoms with E-state index in [0.29, 0.717) is 34.5 Å². The van der Waals surface area contributed by atoms with Crippen LogP contribution >= 0.6 is 0 Å². The molecule has 1 fully saturated rings. The monoisotopic (exact) mass is 533 g/mol. The standard InChI is InChI=1S/C28H25F2N5O4/c1-27(37)12-28(38,13-27)15-10-31-24(32-11-15)14-6-7-35-18(8-14)22-17-9-19(23(22)33-35)34(2)25(36)16-4-3-5-20(21(16)17)39-26(29)30/h3-8,10-11,17,19,26,37-38H,9,12-13H2,1-2H3/t17-,19-,27?,28?/m1/s1. The first-order valence-corrected chi connectivity index (χ1v) is 12.7. The van der Waals surface area contributed by atoms with E-state index in [1.807, 2.05) is 12.1 Å². The summed E-state index contributed by atoms with van der Waals surface area (Å²) in [7, 11) is 1.70. The number of aromatic nitrogens is 4. The fourth-order valence-electron chi connectivity index (χ4n) is 6.63. The van der Waals surface area contributed by atoms with E-state index in [4.69, 9.17) is 9.84 Å². The number of rotatable bonds is 4. The maximum Gasteiger partial charge on any atom is 0.387 e. The van der Waals surface area contributed by atoms with E-state index in [-0.39, 0.29) is 36.5 Å². The lowest BCUT2D eigenvalue weighted by molar-refractivity contribution is -0.176. The van der Waals surface area contributed by atoms with Gasteiger partial charge in [0.25, 0.3) is 5.91 Å². The number of fused-ring (bicyclic) bond motifs is 9. The summed E-state index contributed by atoms with van der Waals surface area (Å²) < 4.78 is 33.3. The number of carbonyl (C=O) groups excluding carboxylic acids is 1. The first-order chi connectivity index (χ1) is 18.5. The van der Waals surface area contributed by atoms with Gasteiger partial charge in [-0.3, -0.25) is 4.79 Å². The van der Waals surface area contributed by atoms with Crippen molar-refractivity contribution in [2.75, 3.05) is 7.05 Å². The zero-order valence-electron chi connectivity index (χ0n) is 21.2. The van der Waals surface area contributed by atoms with E-state index >= 15 is 0 Å². The number of carbonyl (C=O) groups is 1. The van der Waals surface area contributed by atoms with Gasteiger partial charge in [0, 0.05) is 72.2 Å². The second-order valence-electron chi connectivity index (χ2n) is 11.0. The SMILES string of the molecule is CN1C(=O)c2cccc(OC(F)F)c2[C@H]2C[C@@H]1c1nn3ccc(-c4ncc(C5(O)CC(C)(O)C5)cn4)cc3c12. The minimum absolute atomic E-state index is 0.00918. The Morgan fingerprint density at radius 1 is 1.13 bits per heavy atom. The average molecular weight is 534 g/mol. The molecule has 0 radical (unpaired) electrons. The Morgan fingerprint density at radius 3 is 2.56 bits per heavy atom. The molecule has 2 N–H and O–H groups in total. The van der Waals surface area contributed by atoms with Crippen molar-refractivity contribution in [1.82, 2.24) is 24.5 Å². The van der Waals surface area contributed by atoms with Gasteiger partial charge in [-0.05, 0) is 37.6 Å². The highest BCUT2D eigenvalue weighted by molar-refractivity contribution is 5.98. The molecular formula is C28H25F2N5O4. The van der Waals surface area contributed by atoms with Gasteiger partial charge in [-0.25, -0.2) is 14.5 Å². The molecule has 2 bridgehead atoms. The van der Waals surface area contributed by atoms with Gasteiger partial charge in [0.15, 0.2) is 5.82 Å². The van der Waals surface area contributed by atoms with Gasteiger partial charge in [0.05, 0.1) is 28.5 Å². The number of ether oxygens (including phenoxy) is 1. The molecule has 39 heavy (non-hydrogen) atoms. The summed E-state index contributed by atoms with van der Waals surface area (Å²) in [5.41, 5.74) is 2.33. The molecule has 1 saturated carbocycles. The Kier molecular flexibility index (Phi) is 4.96. The molecule has 200 valence electrons. The number of alkyl halides is 2. The highest BCUT2D eigenvalue weighted by Gasteiger charge is 2.51. The number of aliphatic hydroxyl groups is 2. The van der Waals surface area contributed by atoms with Crippen LogP contribution in [0.1, 0.15) is 70.9 Å². The molecule has 3 aliphatic rings. The molecule has 0 unspecified atom stereocenters. The van der Waals surface area contributed by atoms with Crippen molar-refractivity contribution in [1.29, 1.82) is 0 Å². The number of nitrogens with zero attached hydrogens (tertiary/aromatic N) is 5. The third kappa shape index (κ3) is 3.56. The van der Waals surface area contributed by atoms with Crippen molar-refractivity contribution in [3.8, 4) is 17.1 Å². The summed E-state index contributed by atoms with van der Waals surface area (Å²) in [6.45, 7) is -1.34. The van der Waals surface area contributed by atoms with Crippen LogP contribution in [0.25, 0.3) is 16.9 Å². The zero-order valence-corrected chi connectivity index (χ0v) is 21.2. The summed E-state index contributed by atoms with van der Waals surface area (Å²) in [5.74, 6) is -0.201. The predicted octanol–water partition coefficient (Wildman–Crippen LogP) is 3.79. The Balaban J connectivity index is 1.33. The number of amides is 1. The Bertz CT molecular complexity index is 1640. The van der Waals surface area contributed by atoms with Crippen molar-refractivity contribution in [3.63, 3.8) is 0 Å². The van der Waals surface area contributed by atoms with Crippen LogP contribution in [0.2, 0.25) is 0 Å². The van der Waals surface area contributed by atoms with Gasteiger partial charge in [-0.15, -0.1) is 0 Å². The van der Waals surface area contributed by atoms with Gasteiger partial charge in [-0.2, -0.15) is 13.9 Å². The Hall–Kier alpha value is -3.96. The minimum atomic E-state index is -3.02. The maximum atomic E-state index is 13.3. The van der Waals surface area contributed by atoms with Crippen LogP contribution in [-0.4, -0.2) is 59.9 Å². The normalized spacial score (nSPS) is 27.4. The van der Waals surface area contributed by atoms with Gasteiger partial charge < -0.3 is 19.8 Å². The van der Waals surface area contributed by atoms with E-state index in [1.165, 1.54) is 6.07 Å². The van der Waals surface area contributed by atoms with Crippen LogP contribution in [0.3, 0.4) is 0 Å². The zero-order chi connectivity index (χ0) is 27.3. The molecule has 1 aromatic carbocycles. The van der Waals surface area contributed by atoms with Gasteiger partial charge in [0.1, 0.15) is 5.75 Å². The van der Waals surface area contributed by atoms with E-state index in [9.17, 15) is 23.8 Å². The summed E-state index contributed by atoms with van der Waals surface area (Å²) in [6.07, 6.45) is 5.87. The van der Waals surface area contributed by atoms with Crippen molar-refractivity contribution in [3.05, 3.63) is 76.9 Å². The number of benzene rings is 1. The largest absolute Gasteiger partial charge is 0.434 e. The van der Waals surface area contributed by atoms with E-state index < -0.39 is 17.8 Å². The lowest BCUT2D eigenvalue weighted by Crippen LogP contribution is -2.52. The molecule has 4 heterocycles. The Morgan fingerprint density at radius 2 is 1.87 bits per heavy atom. The minimum Gasteiger partial charge on any atom is -0.434 e. The highest BCUT2D eigenvalue weighted by atomic mass is 19.3. The van der Waals surface area contributed by atoms with E-state index in [2.05, 4.69) is 9.97 Å². The molecule has 2 aliphatic carbocycles. The number of hydrogen-bond donors (Lipinski definition) is 2. The maximum absolute atomic E-state index is 13.3. The van der Waals surface area contributed by atoms with Crippen molar-refractivity contribution >= 4 is 11.4 Å². The summed E-state index contributed by atoms with van der Waals surface area (Å²) in [5, 5.41) is 25.6. The fourth-order valence-corrected chi connectivity index (χ4v) is 6.63. The second-order valence-corrected chi connectivity index (χ2v) is 11.0. The molecule has 4 aromatic rings. The molecule has 1 aliphatic heterocycles. The molecule has 7 rings (SSSR count). The number of hydrogen-bond acceptors (Lipinski definition) is 7. The van der Waals surface area contributed by atoms with Crippen LogP contribution in [0.4, 0.5) is 8.78 Å². The lowest BCUT2D eigenvalue weighted by Gasteiger charge is -2.48. The molecular weight excluding hydrogens is 508 g/mol. The van der Waals surface area contributed by atoms with Gasteiger partial charge in [-0.1, -0.05) is 6.07 Å². The van der Waals surface area contributed by atoms with Crippen LogP contribution in [0.5, 0.6) is 5.75 Å². The van der Waals surface area contributed by atoms with Gasteiger partial charge in [0.2, 0.25) is 0 Å². The number of pyridine rings is 1. The van der Waals surface area contributed by atoms with Crippen LogP contribution in [0, 0.1) is 0 Å². The topological polar surface area (TPSA) is 113 Å². The first-order valence-electron chi connectivity index (χ1n) is 12.7. The van der Waals surface area contributed by atoms with E-state index in [1.54, 1.807) is 54.1 Å².